The zero-order chi connectivity index (χ0) is 14.0. The van der Waals surface area contributed by atoms with Gasteiger partial charge in [0.15, 0.2) is 5.82 Å². The van der Waals surface area contributed by atoms with E-state index in [2.05, 4.69) is 20.5 Å². The Balaban J connectivity index is 1.91. The quantitative estimate of drug-likeness (QED) is 0.828. The minimum atomic E-state index is -0.455. The molecule has 0 aliphatic rings. The van der Waals surface area contributed by atoms with Crippen molar-refractivity contribution in [2.24, 2.45) is 14.1 Å². The lowest BCUT2D eigenvalue weighted by Crippen LogP contribution is -2.13. The highest BCUT2D eigenvalue weighted by atomic mass is 16.3. The Hall–Kier alpha value is -1.76. The number of aryl methyl sites for hydroxylation is 3. The molecule has 0 saturated carbocycles. The summed E-state index contributed by atoms with van der Waals surface area (Å²) in [5.74, 6) is 0.578. The molecule has 2 aromatic rings. The third-order valence-electron chi connectivity index (χ3n) is 3.35. The summed E-state index contributed by atoms with van der Waals surface area (Å²) in [5, 5.41) is 26.1. The van der Waals surface area contributed by atoms with Crippen LogP contribution in [0.2, 0.25) is 0 Å². The fourth-order valence-corrected chi connectivity index (χ4v) is 2.21. The first-order valence-electron chi connectivity index (χ1n) is 6.37. The zero-order valence-corrected chi connectivity index (χ0v) is 11.8. The van der Waals surface area contributed by atoms with E-state index in [0.29, 0.717) is 18.7 Å². The number of nitrogens with zero attached hydrogens (tertiary/aromatic N) is 6. The largest absolute Gasteiger partial charge is 0.393 e. The van der Waals surface area contributed by atoms with Crippen molar-refractivity contribution in [1.29, 1.82) is 0 Å². The summed E-state index contributed by atoms with van der Waals surface area (Å²) in [6, 6.07) is 0. The Morgan fingerprint density at radius 3 is 2.47 bits per heavy atom. The average Bonchev–Trinajstić information content (AvgIpc) is 2.83. The van der Waals surface area contributed by atoms with Crippen molar-refractivity contribution in [3.8, 4) is 0 Å². The van der Waals surface area contributed by atoms with Crippen LogP contribution >= 0.6 is 0 Å². The number of aliphatic hydroxyl groups excluding tert-OH is 1. The molecule has 0 amide bonds. The van der Waals surface area contributed by atoms with Crippen molar-refractivity contribution >= 4 is 0 Å². The first-order chi connectivity index (χ1) is 8.97. The second-order valence-corrected chi connectivity index (χ2v) is 4.86. The molecular weight excluding hydrogens is 244 g/mol. The highest BCUT2D eigenvalue weighted by Crippen LogP contribution is 2.15. The molecule has 2 aromatic heterocycles. The number of hydrogen-bond donors (Lipinski definition) is 1. The number of hydrogen-bond acceptors (Lipinski definition) is 5. The fourth-order valence-electron chi connectivity index (χ4n) is 2.21. The lowest BCUT2D eigenvalue weighted by Gasteiger charge is -2.08. The van der Waals surface area contributed by atoms with Crippen LogP contribution in [-0.2, 0) is 26.9 Å². The van der Waals surface area contributed by atoms with E-state index < -0.39 is 6.10 Å². The van der Waals surface area contributed by atoms with Crippen LogP contribution in [0, 0.1) is 13.8 Å². The van der Waals surface area contributed by atoms with Crippen LogP contribution in [0.15, 0.2) is 0 Å². The van der Waals surface area contributed by atoms with Crippen molar-refractivity contribution in [2.75, 3.05) is 0 Å². The third kappa shape index (κ3) is 3.17. The topological polar surface area (TPSA) is 81.6 Å². The summed E-state index contributed by atoms with van der Waals surface area (Å²) in [4.78, 5) is 1.40. The number of aliphatic hydroxyl groups is 1. The lowest BCUT2D eigenvalue weighted by molar-refractivity contribution is 0.162. The number of rotatable bonds is 5. The van der Waals surface area contributed by atoms with Gasteiger partial charge in [0, 0.05) is 19.2 Å². The molecule has 0 aliphatic carbocycles. The van der Waals surface area contributed by atoms with Gasteiger partial charge in [0.05, 0.1) is 18.8 Å². The molecule has 2 heterocycles. The molecule has 0 fully saturated rings. The van der Waals surface area contributed by atoms with Gasteiger partial charge in [0.2, 0.25) is 0 Å². The Bertz CT molecular complexity index is 559. The molecule has 0 radical (unpaired) electrons. The van der Waals surface area contributed by atoms with E-state index in [0.717, 1.165) is 17.8 Å². The van der Waals surface area contributed by atoms with Crippen molar-refractivity contribution in [2.45, 2.75) is 39.2 Å². The third-order valence-corrected chi connectivity index (χ3v) is 3.35. The maximum atomic E-state index is 10.0. The molecule has 0 aromatic carbocycles. The van der Waals surface area contributed by atoms with Gasteiger partial charge in [-0.15, -0.1) is 10.2 Å². The van der Waals surface area contributed by atoms with E-state index in [9.17, 15) is 5.11 Å². The summed E-state index contributed by atoms with van der Waals surface area (Å²) in [7, 11) is 3.65. The Morgan fingerprint density at radius 2 is 1.95 bits per heavy atom. The SMILES string of the molecule is Cc1nn(C)c(C)c1CCC(O)Cc1nnn(C)n1. The van der Waals surface area contributed by atoms with Crippen LogP contribution in [0.1, 0.15) is 29.2 Å². The second kappa shape index (κ2) is 5.48. The van der Waals surface area contributed by atoms with Crippen LogP contribution < -0.4 is 0 Å². The predicted molar refractivity (Wildman–Crippen MR) is 69.5 cm³/mol. The zero-order valence-electron chi connectivity index (χ0n) is 11.8. The van der Waals surface area contributed by atoms with Crippen molar-refractivity contribution in [3.05, 3.63) is 22.8 Å². The molecule has 0 saturated heterocycles. The fraction of sp³-hybridized carbons (Fsp3) is 0.667. The predicted octanol–water partition coefficient (Wildman–Crippen LogP) is 0.0966. The van der Waals surface area contributed by atoms with Gasteiger partial charge >= 0.3 is 0 Å². The molecule has 2 rings (SSSR count). The molecule has 1 N–H and O–H groups in total. The summed E-state index contributed by atoms with van der Waals surface area (Å²) in [6.45, 7) is 4.05. The molecule has 7 nitrogen and oxygen atoms in total. The lowest BCUT2D eigenvalue weighted by atomic mass is 10.0. The first-order valence-corrected chi connectivity index (χ1v) is 6.37. The van der Waals surface area contributed by atoms with E-state index in [4.69, 9.17) is 0 Å². The summed E-state index contributed by atoms with van der Waals surface area (Å²) in [5.41, 5.74) is 3.40. The smallest absolute Gasteiger partial charge is 0.177 e. The monoisotopic (exact) mass is 264 g/mol. The van der Waals surface area contributed by atoms with E-state index in [1.54, 1.807) is 7.05 Å². The van der Waals surface area contributed by atoms with Crippen LogP contribution in [0.4, 0.5) is 0 Å². The average molecular weight is 264 g/mol. The van der Waals surface area contributed by atoms with E-state index in [-0.39, 0.29) is 0 Å². The first kappa shape index (κ1) is 13.7. The molecule has 104 valence electrons. The Kier molecular flexibility index (Phi) is 3.94. The highest BCUT2D eigenvalue weighted by molar-refractivity contribution is 5.24. The van der Waals surface area contributed by atoms with Crippen LogP contribution in [0.3, 0.4) is 0 Å². The molecule has 19 heavy (non-hydrogen) atoms. The van der Waals surface area contributed by atoms with Gasteiger partial charge in [-0.3, -0.25) is 4.68 Å². The summed E-state index contributed by atoms with van der Waals surface area (Å²) in [6.07, 6.45) is 1.47. The van der Waals surface area contributed by atoms with Gasteiger partial charge in [-0.1, -0.05) is 0 Å². The Labute approximate surface area is 112 Å². The highest BCUT2D eigenvalue weighted by Gasteiger charge is 2.14. The molecule has 0 spiro atoms. The van der Waals surface area contributed by atoms with E-state index >= 15 is 0 Å². The molecule has 1 unspecified atom stereocenters. The van der Waals surface area contributed by atoms with Gasteiger partial charge in [-0.25, -0.2) is 0 Å². The standard InChI is InChI=1S/C12H20N6O/c1-8-11(9(2)17(3)14-8)6-5-10(19)7-12-13-16-18(4)15-12/h10,19H,5-7H2,1-4H3. The van der Waals surface area contributed by atoms with E-state index in [1.807, 2.05) is 25.6 Å². The van der Waals surface area contributed by atoms with Gasteiger partial charge < -0.3 is 5.11 Å². The van der Waals surface area contributed by atoms with Crippen molar-refractivity contribution < 1.29 is 5.11 Å². The normalized spacial score (nSPS) is 12.9. The second-order valence-electron chi connectivity index (χ2n) is 4.86. The van der Waals surface area contributed by atoms with Crippen LogP contribution in [0.25, 0.3) is 0 Å². The minimum absolute atomic E-state index is 0.437. The molecule has 0 aliphatic heterocycles. The molecule has 7 heteroatoms. The molecule has 1 atom stereocenters. The molecular formula is C12H20N6O. The van der Waals surface area contributed by atoms with Crippen LogP contribution in [-0.4, -0.2) is 41.2 Å². The summed E-state index contributed by atoms with van der Waals surface area (Å²) < 4.78 is 1.88. The van der Waals surface area contributed by atoms with Crippen molar-refractivity contribution in [1.82, 2.24) is 30.0 Å². The van der Waals surface area contributed by atoms with Gasteiger partial charge in [0.1, 0.15) is 0 Å². The van der Waals surface area contributed by atoms with Crippen LogP contribution in [0.5, 0.6) is 0 Å². The van der Waals surface area contributed by atoms with E-state index in [1.165, 1.54) is 10.4 Å². The summed E-state index contributed by atoms with van der Waals surface area (Å²) >= 11 is 0. The molecule has 0 bridgehead atoms. The number of aromatic nitrogens is 6. The maximum absolute atomic E-state index is 10.0. The Morgan fingerprint density at radius 1 is 1.21 bits per heavy atom. The van der Waals surface area contributed by atoms with Gasteiger partial charge in [-0.05, 0) is 37.5 Å². The minimum Gasteiger partial charge on any atom is -0.393 e. The van der Waals surface area contributed by atoms with Gasteiger partial charge in [0.25, 0.3) is 0 Å². The number of tetrazole rings is 1. The van der Waals surface area contributed by atoms with Crippen molar-refractivity contribution in [3.63, 3.8) is 0 Å². The maximum Gasteiger partial charge on any atom is 0.177 e. The van der Waals surface area contributed by atoms with Gasteiger partial charge in [-0.2, -0.15) is 9.90 Å².